The van der Waals surface area contributed by atoms with Crippen LogP contribution in [0.15, 0.2) is 4.52 Å². The fourth-order valence-electron chi connectivity index (χ4n) is 2.00. The van der Waals surface area contributed by atoms with E-state index in [1.54, 1.807) is 0 Å². The SMILES string of the molecule is Cc1noc(NC(=O)C2CCC(N)C2)c1C. The number of hydrogen-bond acceptors (Lipinski definition) is 4. The number of carbonyl (C=O) groups is 1. The van der Waals surface area contributed by atoms with E-state index < -0.39 is 0 Å². The second kappa shape index (κ2) is 4.25. The predicted octanol–water partition coefficient (Wildman–Crippen LogP) is 1.36. The summed E-state index contributed by atoms with van der Waals surface area (Å²) in [6.07, 6.45) is 2.55. The molecular formula is C11H17N3O2. The quantitative estimate of drug-likeness (QED) is 0.793. The van der Waals surface area contributed by atoms with Crippen molar-refractivity contribution in [1.82, 2.24) is 5.16 Å². The third-order valence-electron chi connectivity index (χ3n) is 3.24. The van der Waals surface area contributed by atoms with Crippen LogP contribution in [0, 0.1) is 19.8 Å². The Kier molecular flexibility index (Phi) is 2.96. The number of hydrogen-bond donors (Lipinski definition) is 2. The highest BCUT2D eigenvalue weighted by Crippen LogP contribution is 2.26. The van der Waals surface area contributed by atoms with Gasteiger partial charge in [-0.25, -0.2) is 0 Å². The molecule has 1 aromatic heterocycles. The molecule has 1 aliphatic rings. The summed E-state index contributed by atoms with van der Waals surface area (Å²) in [5.74, 6) is 0.468. The Morgan fingerprint density at radius 3 is 2.75 bits per heavy atom. The lowest BCUT2D eigenvalue weighted by atomic mass is 10.1. The van der Waals surface area contributed by atoms with Crippen LogP contribution in [0.3, 0.4) is 0 Å². The highest BCUT2D eigenvalue weighted by atomic mass is 16.5. The second-order valence-electron chi connectivity index (χ2n) is 4.48. The Balaban J connectivity index is 2.00. The Morgan fingerprint density at radius 2 is 2.25 bits per heavy atom. The highest BCUT2D eigenvalue weighted by molar-refractivity contribution is 5.92. The van der Waals surface area contributed by atoms with Crippen molar-refractivity contribution in [2.24, 2.45) is 11.7 Å². The molecule has 0 bridgehead atoms. The standard InChI is InChI=1S/C11H17N3O2/c1-6-7(2)14-16-11(6)13-10(15)8-3-4-9(12)5-8/h8-9H,3-5,12H2,1-2H3,(H,13,15). The largest absolute Gasteiger partial charge is 0.338 e. The summed E-state index contributed by atoms with van der Waals surface area (Å²) in [4.78, 5) is 11.9. The zero-order chi connectivity index (χ0) is 11.7. The maximum atomic E-state index is 11.9. The van der Waals surface area contributed by atoms with Gasteiger partial charge in [0, 0.05) is 17.5 Å². The van der Waals surface area contributed by atoms with Crippen molar-refractivity contribution >= 4 is 11.8 Å². The van der Waals surface area contributed by atoms with E-state index in [1.807, 2.05) is 13.8 Å². The molecule has 0 radical (unpaired) electrons. The van der Waals surface area contributed by atoms with Gasteiger partial charge in [0.25, 0.3) is 0 Å². The predicted molar refractivity (Wildman–Crippen MR) is 59.9 cm³/mol. The van der Waals surface area contributed by atoms with Crippen molar-refractivity contribution in [1.29, 1.82) is 0 Å². The third-order valence-corrected chi connectivity index (χ3v) is 3.24. The summed E-state index contributed by atoms with van der Waals surface area (Å²) in [5.41, 5.74) is 7.46. The van der Waals surface area contributed by atoms with E-state index in [2.05, 4.69) is 10.5 Å². The fourth-order valence-corrected chi connectivity index (χ4v) is 2.00. The van der Waals surface area contributed by atoms with Gasteiger partial charge in [0.1, 0.15) is 0 Å². The maximum absolute atomic E-state index is 11.9. The number of aromatic nitrogens is 1. The number of nitrogens with zero attached hydrogens (tertiary/aromatic N) is 1. The van der Waals surface area contributed by atoms with Gasteiger partial charge in [0.2, 0.25) is 11.8 Å². The van der Waals surface area contributed by atoms with Crippen LogP contribution in [0.1, 0.15) is 30.5 Å². The number of nitrogens with two attached hydrogens (primary N) is 1. The van der Waals surface area contributed by atoms with Crippen LogP contribution in [-0.2, 0) is 4.79 Å². The molecule has 2 atom stereocenters. The van der Waals surface area contributed by atoms with Crippen LogP contribution in [0.4, 0.5) is 5.88 Å². The second-order valence-corrected chi connectivity index (χ2v) is 4.48. The first-order valence-corrected chi connectivity index (χ1v) is 5.57. The molecule has 3 N–H and O–H groups in total. The van der Waals surface area contributed by atoms with Crippen LogP contribution in [0.2, 0.25) is 0 Å². The number of anilines is 1. The highest BCUT2D eigenvalue weighted by Gasteiger charge is 2.28. The molecule has 88 valence electrons. The molecule has 1 aliphatic carbocycles. The zero-order valence-electron chi connectivity index (χ0n) is 9.62. The number of nitrogens with one attached hydrogen (secondary N) is 1. The fraction of sp³-hybridized carbons (Fsp3) is 0.636. The Morgan fingerprint density at radius 1 is 1.50 bits per heavy atom. The first-order valence-electron chi connectivity index (χ1n) is 5.57. The molecular weight excluding hydrogens is 206 g/mol. The molecule has 0 spiro atoms. The van der Waals surface area contributed by atoms with Crippen LogP contribution in [0.5, 0.6) is 0 Å². The molecule has 1 heterocycles. The number of rotatable bonds is 2. The molecule has 1 saturated carbocycles. The van der Waals surface area contributed by atoms with Gasteiger partial charge in [-0.3, -0.25) is 10.1 Å². The summed E-state index contributed by atoms with van der Waals surface area (Å²) in [6.45, 7) is 3.72. The van der Waals surface area contributed by atoms with E-state index in [0.29, 0.717) is 5.88 Å². The summed E-state index contributed by atoms with van der Waals surface area (Å²) in [6, 6.07) is 0.160. The van der Waals surface area contributed by atoms with E-state index in [0.717, 1.165) is 30.5 Å². The van der Waals surface area contributed by atoms with Gasteiger partial charge >= 0.3 is 0 Å². The van der Waals surface area contributed by atoms with Crippen molar-refractivity contribution < 1.29 is 9.32 Å². The molecule has 16 heavy (non-hydrogen) atoms. The molecule has 2 rings (SSSR count). The van der Waals surface area contributed by atoms with Crippen LogP contribution in [-0.4, -0.2) is 17.1 Å². The van der Waals surface area contributed by atoms with Gasteiger partial charge in [-0.15, -0.1) is 0 Å². The Labute approximate surface area is 94.4 Å². The van der Waals surface area contributed by atoms with Crippen molar-refractivity contribution in [2.75, 3.05) is 5.32 Å². The molecule has 0 aliphatic heterocycles. The van der Waals surface area contributed by atoms with E-state index in [-0.39, 0.29) is 17.9 Å². The normalized spacial score (nSPS) is 24.7. The molecule has 5 heteroatoms. The monoisotopic (exact) mass is 223 g/mol. The summed E-state index contributed by atoms with van der Waals surface area (Å²) in [5, 5.41) is 6.57. The average Bonchev–Trinajstić information content (AvgIpc) is 2.79. The third kappa shape index (κ3) is 2.09. The van der Waals surface area contributed by atoms with Gasteiger partial charge in [-0.2, -0.15) is 0 Å². The number of carbonyl (C=O) groups excluding carboxylic acids is 1. The lowest BCUT2D eigenvalue weighted by Crippen LogP contribution is -2.23. The topological polar surface area (TPSA) is 81.2 Å². The molecule has 1 aromatic rings. The first kappa shape index (κ1) is 11.1. The summed E-state index contributed by atoms with van der Waals surface area (Å²) >= 11 is 0. The number of amides is 1. The Hall–Kier alpha value is -1.36. The van der Waals surface area contributed by atoms with Crippen LogP contribution in [0.25, 0.3) is 0 Å². The van der Waals surface area contributed by atoms with Gasteiger partial charge in [0.05, 0.1) is 5.69 Å². The summed E-state index contributed by atoms with van der Waals surface area (Å²) in [7, 11) is 0. The Bertz CT molecular complexity index is 400. The molecule has 0 saturated heterocycles. The van der Waals surface area contributed by atoms with E-state index in [4.69, 9.17) is 10.3 Å². The zero-order valence-corrected chi connectivity index (χ0v) is 9.62. The minimum atomic E-state index is -0.00722. The maximum Gasteiger partial charge on any atom is 0.234 e. The van der Waals surface area contributed by atoms with Crippen LogP contribution < -0.4 is 11.1 Å². The number of aryl methyl sites for hydroxylation is 1. The molecule has 1 fully saturated rings. The van der Waals surface area contributed by atoms with Gasteiger partial charge in [-0.1, -0.05) is 5.16 Å². The van der Waals surface area contributed by atoms with Gasteiger partial charge < -0.3 is 10.3 Å². The lowest BCUT2D eigenvalue weighted by Gasteiger charge is -2.08. The molecule has 5 nitrogen and oxygen atoms in total. The minimum Gasteiger partial charge on any atom is -0.338 e. The van der Waals surface area contributed by atoms with Crippen molar-refractivity contribution in [3.63, 3.8) is 0 Å². The first-order chi connectivity index (χ1) is 7.58. The molecule has 1 amide bonds. The average molecular weight is 223 g/mol. The summed E-state index contributed by atoms with van der Waals surface area (Å²) < 4.78 is 5.04. The van der Waals surface area contributed by atoms with E-state index in [1.165, 1.54) is 0 Å². The van der Waals surface area contributed by atoms with E-state index in [9.17, 15) is 4.79 Å². The van der Waals surface area contributed by atoms with Gasteiger partial charge in [-0.05, 0) is 33.1 Å². The minimum absolute atomic E-state index is 0.00722. The van der Waals surface area contributed by atoms with Crippen LogP contribution >= 0.6 is 0 Å². The lowest BCUT2D eigenvalue weighted by molar-refractivity contribution is -0.119. The van der Waals surface area contributed by atoms with Crippen molar-refractivity contribution in [3.8, 4) is 0 Å². The molecule has 2 unspecified atom stereocenters. The molecule has 0 aromatic carbocycles. The van der Waals surface area contributed by atoms with Crippen molar-refractivity contribution in [3.05, 3.63) is 11.3 Å². The van der Waals surface area contributed by atoms with Gasteiger partial charge in [0.15, 0.2) is 0 Å². The van der Waals surface area contributed by atoms with Crippen molar-refractivity contribution in [2.45, 2.75) is 39.2 Å². The smallest absolute Gasteiger partial charge is 0.234 e. The van der Waals surface area contributed by atoms with E-state index >= 15 is 0 Å².